The quantitative estimate of drug-likeness (QED) is 0.478. The molecule has 1 amide bonds. The third kappa shape index (κ3) is 5.62. The summed E-state index contributed by atoms with van der Waals surface area (Å²) in [5.41, 5.74) is 5.49. The zero-order valence-electron chi connectivity index (χ0n) is 10.5. The lowest BCUT2D eigenvalue weighted by Crippen LogP contribution is -2.51. The normalized spacial score (nSPS) is 15.5. The van der Waals surface area contributed by atoms with Crippen LogP contribution in [-0.4, -0.2) is 40.1 Å². The van der Waals surface area contributed by atoms with Crippen molar-refractivity contribution >= 4 is 17.8 Å². The van der Waals surface area contributed by atoms with Crippen molar-refractivity contribution < 1.29 is 24.6 Å². The van der Waals surface area contributed by atoms with Crippen LogP contribution in [0.5, 0.6) is 0 Å². The van der Waals surface area contributed by atoms with Gasteiger partial charge in [0.25, 0.3) is 0 Å². The van der Waals surface area contributed by atoms with Crippen molar-refractivity contribution in [2.45, 2.75) is 45.2 Å². The molecule has 104 valence electrons. The largest absolute Gasteiger partial charge is 0.481 e. The van der Waals surface area contributed by atoms with Crippen molar-refractivity contribution in [3.8, 4) is 0 Å². The Balaban J connectivity index is 4.41. The van der Waals surface area contributed by atoms with E-state index in [1.165, 1.54) is 0 Å². The van der Waals surface area contributed by atoms with Crippen LogP contribution in [0.1, 0.15) is 33.1 Å². The second kappa shape index (κ2) is 7.65. The second-order valence-electron chi connectivity index (χ2n) is 4.25. The minimum atomic E-state index is -1.12. The van der Waals surface area contributed by atoms with Crippen molar-refractivity contribution in [2.24, 2.45) is 11.7 Å². The summed E-state index contributed by atoms with van der Waals surface area (Å²) in [7, 11) is 0. The Labute approximate surface area is 105 Å². The molecule has 0 aliphatic heterocycles. The number of carboxylic acids is 2. The van der Waals surface area contributed by atoms with Gasteiger partial charge in [-0.1, -0.05) is 20.3 Å². The highest BCUT2D eigenvalue weighted by Gasteiger charge is 2.27. The zero-order valence-corrected chi connectivity index (χ0v) is 10.5. The van der Waals surface area contributed by atoms with Crippen LogP contribution < -0.4 is 11.1 Å². The molecule has 3 atom stereocenters. The fourth-order valence-electron chi connectivity index (χ4n) is 1.35. The molecule has 0 rings (SSSR count). The Hall–Kier alpha value is -1.63. The summed E-state index contributed by atoms with van der Waals surface area (Å²) in [6, 6.07) is -2.01. The van der Waals surface area contributed by atoms with Gasteiger partial charge in [-0.25, -0.2) is 4.79 Å². The molecule has 0 saturated heterocycles. The van der Waals surface area contributed by atoms with Gasteiger partial charge in [0.05, 0.1) is 6.04 Å². The SMILES string of the molecule is CCC(C)C(NC(=O)C(N)CCC(=O)O)C(=O)O. The van der Waals surface area contributed by atoms with Crippen molar-refractivity contribution in [3.63, 3.8) is 0 Å². The van der Waals surface area contributed by atoms with Crippen molar-refractivity contribution in [3.05, 3.63) is 0 Å². The molecule has 18 heavy (non-hydrogen) atoms. The summed E-state index contributed by atoms with van der Waals surface area (Å²) < 4.78 is 0. The van der Waals surface area contributed by atoms with Crippen LogP contribution in [0.15, 0.2) is 0 Å². The molecule has 0 spiro atoms. The van der Waals surface area contributed by atoms with E-state index in [0.717, 1.165) is 0 Å². The van der Waals surface area contributed by atoms with E-state index in [9.17, 15) is 14.4 Å². The van der Waals surface area contributed by atoms with E-state index in [4.69, 9.17) is 15.9 Å². The van der Waals surface area contributed by atoms with Gasteiger partial charge in [0.1, 0.15) is 6.04 Å². The molecule has 7 heteroatoms. The highest BCUT2D eigenvalue weighted by Crippen LogP contribution is 2.08. The summed E-state index contributed by atoms with van der Waals surface area (Å²) in [5, 5.41) is 19.8. The van der Waals surface area contributed by atoms with Gasteiger partial charge >= 0.3 is 11.9 Å². The summed E-state index contributed by atoms with van der Waals surface area (Å²) in [5.74, 6) is -3.03. The fourth-order valence-corrected chi connectivity index (χ4v) is 1.35. The molecule has 0 saturated carbocycles. The molecule has 0 radical (unpaired) electrons. The smallest absolute Gasteiger partial charge is 0.326 e. The summed E-state index contributed by atoms with van der Waals surface area (Å²) in [4.78, 5) is 32.9. The number of nitrogens with two attached hydrogens (primary N) is 1. The number of carbonyl (C=O) groups excluding carboxylic acids is 1. The number of amides is 1. The number of carbonyl (C=O) groups is 3. The molecule has 0 aromatic carbocycles. The van der Waals surface area contributed by atoms with Gasteiger partial charge in [0.2, 0.25) is 5.91 Å². The first-order valence-corrected chi connectivity index (χ1v) is 5.80. The molecule has 0 aliphatic rings. The van der Waals surface area contributed by atoms with Crippen molar-refractivity contribution in [1.29, 1.82) is 0 Å². The average Bonchev–Trinajstić information content (AvgIpc) is 2.30. The number of hydrogen-bond donors (Lipinski definition) is 4. The lowest BCUT2D eigenvalue weighted by molar-refractivity contribution is -0.144. The molecule has 0 aromatic heterocycles. The molecule has 3 unspecified atom stereocenters. The molecule has 5 N–H and O–H groups in total. The van der Waals surface area contributed by atoms with Crippen molar-refractivity contribution in [1.82, 2.24) is 5.32 Å². The number of hydrogen-bond acceptors (Lipinski definition) is 4. The maximum absolute atomic E-state index is 11.6. The number of rotatable bonds is 8. The monoisotopic (exact) mass is 260 g/mol. The van der Waals surface area contributed by atoms with Crippen LogP contribution in [0.25, 0.3) is 0 Å². The zero-order chi connectivity index (χ0) is 14.3. The average molecular weight is 260 g/mol. The summed E-state index contributed by atoms with van der Waals surface area (Å²) in [6.45, 7) is 3.53. The Morgan fingerprint density at radius 2 is 1.83 bits per heavy atom. The van der Waals surface area contributed by atoms with E-state index in [-0.39, 0.29) is 18.8 Å². The lowest BCUT2D eigenvalue weighted by atomic mass is 9.98. The minimum absolute atomic E-state index is 0.0198. The van der Waals surface area contributed by atoms with Crippen molar-refractivity contribution in [2.75, 3.05) is 0 Å². The van der Waals surface area contributed by atoms with Crippen LogP contribution in [0.3, 0.4) is 0 Å². The van der Waals surface area contributed by atoms with Crippen LogP contribution in [0.2, 0.25) is 0 Å². The predicted molar refractivity (Wildman–Crippen MR) is 63.9 cm³/mol. The summed E-state index contributed by atoms with van der Waals surface area (Å²) >= 11 is 0. The predicted octanol–water partition coefficient (Wildman–Crippen LogP) is -0.206. The number of aliphatic carboxylic acids is 2. The second-order valence-corrected chi connectivity index (χ2v) is 4.25. The maximum Gasteiger partial charge on any atom is 0.326 e. The standard InChI is InChI=1S/C11H20N2O5/c1-3-6(2)9(11(17)18)13-10(16)7(12)4-5-8(14)15/h6-7,9H,3-5,12H2,1-2H3,(H,13,16)(H,14,15)(H,17,18). The van der Waals surface area contributed by atoms with E-state index in [1.807, 2.05) is 6.92 Å². The fraction of sp³-hybridized carbons (Fsp3) is 0.727. The van der Waals surface area contributed by atoms with E-state index in [1.54, 1.807) is 6.92 Å². The number of carboxylic acid groups (broad SMARTS) is 2. The third-order valence-corrected chi connectivity index (χ3v) is 2.78. The van der Waals surface area contributed by atoms with Gasteiger partial charge in [0, 0.05) is 6.42 Å². The van der Waals surface area contributed by atoms with Gasteiger partial charge in [-0.2, -0.15) is 0 Å². The first kappa shape index (κ1) is 16.4. The van der Waals surface area contributed by atoms with Gasteiger partial charge in [-0.15, -0.1) is 0 Å². The van der Waals surface area contributed by atoms with E-state index < -0.39 is 29.9 Å². The summed E-state index contributed by atoms with van der Waals surface area (Å²) in [6.07, 6.45) is 0.352. The van der Waals surface area contributed by atoms with Gasteiger partial charge in [0.15, 0.2) is 0 Å². The van der Waals surface area contributed by atoms with Crippen LogP contribution in [0.4, 0.5) is 0 Å². The number of nitrogens with one attached hydrogen (secondary N) is 1. The van der Waals surface area contributed by atoms with Crippen LogP contribution in [-0.2, 0) is 14.4 Å². The van der Waals surface area contributed by atoms with E-state index in [0.29, 0.717) is 6.42 Å². The first-order chi connectivity index (χ1) is 8.29. The topological polar surface area (TPSA) is 130 Å². The van der Waals surface area contributed by atoms with E-state index in [2.05, 4.69) is 5.32 Å². The Morgan fingerprint density at radius 3 is 2.22 bits per heavy atom. The van der Waals surface area contributed by atoms with Gasteiger partial charge < -0.3 is 21.3 Å². The van der Waals surface area contributed by atoms with Crippen LogP contribution >= 0.6 is 0 Å². The first-order valence-electron chi connectivity index (χ1n) is 5.80. The lowest BCUT2D eigenvalue weighted by Gasteiger charge is -2.21. The minimum Gasteiger partial charge on any atom is -0.481 e. The Kier molecular flexibility index (Phi) is 6.96. The maximum atomic E-state index is 11.6. The molecule has 0 aromatic rings. The Morgan fingerprint density at radius 1 is 1.28 bits per heavy atom. The van der Waals surface area contributed by atoms with Crippen LogP contribution in [0, 0.1) is 5.92 Å². The highest BCUT2D eigenvalue weighted by molar-refractivity contribution is 5.87. The molecule has 0 fully saturated rings. The Bertz CT molecular complexity index is 319. The highest BCUT2D eigenvalue weighted by atomic mass is 16.4. The molecule has 7 nitrogen and oxygen atoms in total. The van der Waals surface area contributed by atoms with Gasteiger partial charge in [-0.3, -0.25) is 9.59 Å². The molecule has 0 aliphatic carbocycles. The van der Waals surface area contributed by atoms with Gasteiger partial charge in [-0.05, 0) is 12.3 Å². The third-order valence-electron chi connectivity index (χ3n) is 2.78. The van der Waals surface area contributed by atoms with E-state index >= 15 is 0 Å². The molecular formula is C11H20N2O5. The molecule has 0 bridgehead atoms. The molecule has 0 heterocycles. The molecular weight excluding hydrogens is 240 g/mol.